The Labute approximate surface area is 255 Å². The zero-order valence-corrected chi connectivity index (χ0v) is 26.5. The molecule has 0 unspecified atom stereocenters. The van der Waals surface area contributed by atoms with Crippen molar-refractivity contribution in [3.05, 3.63) is 95.6 Å². The molecule has 2 N–H and O–H groups in total. The highest BCUT2D eigenvalue weighted by atomic mass is 32.2. The summed E-state index contributed by atoms with van der Waals surface area (Å²) in [5.74, 6) is 2.75. The molecule has 8 nitrogen and oxygen atoms in total. The zero-order valence-electron chi connectivity index (χ0n) is 24.9. The van der Waals surface area contributed by atoms with Gasteiger partial charge in [-0.3, -0.25) is 9.72 Å². The fourth-order valence-electron chi connectivity index (χ4n) is 4.75. The molecular weight excluding hydrogens is 563 g/mol. The number of hydrogen-bond donors (Lipinski definition) is 2. The Morgan fingerprint density at radius 3 is 2.60 bits per heavy atom. The molecule has 0 saturated heterocycles. The lowest BCUT2D eigenvalue weighted by Crippen LogP contribution is -2.29. The number of rotatable bonds is 10. The minimum atomic E-state index is -0.287. The van der Waals surface area contributed by atoms with Gasteiger partial charge in [-0.2, -0.15) is 16.9 Å². The third kappa shape index (κ3) is 6.65. The smallest absolute Gasteiger partial charge is 0.320 e. The van der Waals surface area contributed by atoms with Gasteiger partial charge >= 0.3 is 6.03 Å². The Morgan fingerprint density at radius 1 is 1.02 bits per heavy atom. The zero-order chi connectivity index (χ0) is 29.9. The molecule has 0 fully saturated rings. The summed E-state index contributed by atoms with van der Waals surface area (Å²) in [6.07, 6.45) is 4.17. The average molecular weight is 600 g/mol. The first-order valence-electron chi connectivity index (χ1n) is 14.0. The number of nitrogens with one attached hydrogen (secondary N) is 2. The Balaban J connectivity index is 1.33. The maximum Gasteiger partial charge on any atom is 0.320 e. The molecule has 0 spiro atoms. The summed E-state index contributed by atoms with van der Waals surface area (Å²) in [5, 5.41) is 19.7. The quantitative estimate of drug-likeness (QED) is 0.173. The molecule has 0 radical (unpaired) electrons. The standard InChI is InChI=1S/C32H37N7OS2/c1-21(2)30-36-35-28-15-14-25(19-38(28)30)42-26-13-8-7-11-23(26)18-33-31(40)34-29-17-27(32(4,5)20-41-6)37-39(29)24-12-9-10-22(3)16-24/h7-17,19,21H,18,20H2,1-6H3,(H2,33,34,40). The Bertz CT molecular complexity index is 1710. The van der Waals surface area contributed by atoms with E-state index in [1.54, 1.807) is 23.5 Å². The lowest BCUT2D eigenvalue weighted by molar-refractivity contribution is 0.251. The van der Waals surface area contributed by atoms with Gasteiger partial charge in [0.25, 0.3) is 0 Å². The number of benzene rings is 2. The van der Waals surface area contributed by atoms with Crippen LogP contribution in [0.5, 0.6) is 0 Å². The number of thioether (sulfide) groups is 1. The number of anilines is 1. The van der Waals surface area contributed by atoms with Crippen molar-refractivity contribution in [3.8, 4) is 5.69 Å². The first kappa shape index (κ1) is 29.7. The molecule has 3 aromatic heterocycles. The molecule has 5 aromatic rings. The van der Waals surface area contributed by atoms with Gasteiger partial charge in [0.1, 0.15) is 11.6 Å². The van der Waals surface area contributed by atoms with Crippen molar-refractivity contribution in [2.75, 3.05) is 17.3 Å². The number of carbonyl (C=O) groups excluding carboxylic acids is 1. The van der Waals surface area contributed by atoms with Crippen LogP contribution in [0, 0.1) is 6.92 Å². The highest BCUT2D eigenvalue weighted by Crippen LogP contribution is 2.32. The van der Waals surface area contributed by atoms with Gasteiger partial charge in [0.2, 0.25) is 0 Å². The molecule has 3 heterocycles. The van der Waals surface area contributed by atoms with Crippen molar-refractivity contribution in [1.82, 2.24) is 29.7 Å². The minimum Gasteiger partial charge on any atom is -0.334 e. The summed E-state index contributed by atoms with van der Waals surface area (Å²) in [6.45, 7) is 11.0. The van der Waals surface area contributed by atoms with Crippen molar-refractivity contribution in [1.29, 1.82) is 0 Å². The molecule has 2 aromatic carbocycles. The lowest BCUT2D eigenvalue weighted by atomic mass is 9.92. The minimum absolute atomic E-state index is 0.150. The number of aryl methyl sites for hydroxylation is 1. The van der Waals surface area contributed by atoms with E-state index in [0.717, 1.165) is 49.5 Å². The molecule has 42 heavy (non-hydrogen) atoms. The van der Waals surface area contributed by atoms with Gasteiger partial charge in [-0.1, -0.05) is 69.8 Å². The Kier molecular flexibility index (Phi) is 8.93. The van der Waals surface area contributed by atoms with Gasteiger partial charge in [0.15, 0.2) is 5.65 Å². The molecule has 0 bridgehead atoms. The fourth-order valence-corrected chi connectivity index (χ4v) is 6.58. The first-order valence-corrected chi connectivity index (χ1v) is 16.2. The lowest BCUT2D eigenvalue weighted by Gasteiger charge is -2.20. The van der Waals surface area contributed by atoms with Crippen LogP contribution in [0.2, 0.25) is 0 Å². The van der Waals surface area contributed by atoms with Crippen molar-refractivity contribution in [2.24, 2.45) is 0 Å². The van der Waals surface area contributed by atoms with E-state index in [-0.39, 0.29) is 17.4 Å². The number of fused-ring (bicyclic) bond motifs is 1. The highest BCUT2D eigenvalue weighted by Gasteiger charge is 2.26. The molecule has 0 aliphatic carbocycles. The second-order valence-electron chi connectivity index (χ2n) is 11.3. The number of nitrogens with zero attached hydrogens (tertiary/aromatic N) is 5. The normalized spacial score (nSPS) is 11.8. The van der Waals surface area contributed by atoms with Gasteiger partial charge in [0, 0.05) is 45.7 Å². The number of hydrogen-bond acceptors (Lipinski definition) is 6. The maximum atomic E-state index is 13.2. The topological polar surface area (TPSA) is 89.1 Å². The third-order valence-corrected chi connectivity index (χ3v) is 9.06. The van der Waals surface area contributed by atoms with E-state index in [9.17, 15) is 4.79 Å². The fraction of sp³-hybridized carbons (Fsp3) is 0.312. The van der Waals surface area contributed by atoms with Gasteiger partial charge in [-0.15, -0.1) is 10.2 Å². The molecule has 218 valence electrons. The highest BCUT2D eigenvalue weighted by molar-refractivity contribution is 7.99. The van der Waals surface area contributed by atoms with E-state index in [0.29, 0.717) is 12.4 Å². The van der Waals surface area contributed by atoms with E-state index in [1.165, 1.54) is 0 Å². The van der Waals surface area contributed by atoms with Gasteiger partial charge in [-0.05, 0) is 54.6 Å². The van der Waals surface area contributed by atoms with Crippen LogP contribution in [0.3, 0.4) is 0 Å². The second-order valence-corrected chi connectivity index (χ2v) is 13.3. The molecule has 0 atom stereocenters. The number of carbonyl (C=O) groups is 1. The van der Waals surface area contributed by atoms with Crippen molar-refractivity contribution in [2.45, 2.75) is 62.3 Å². The van der Waals surface area contributed by atoms with Crippen LogP contribution in [-0.2, 0) is 12.0 Å². The Hall–Kier alpha value is -3.76. The number of aromatic nitrogens is 5. The maximum absolute atomic E-state index is 13.2. The van der Waals surface area contributed by atoms with E-state index in [4.69, 9.17) is 5.10 Å². The van der Waals surface area contributed by atoms with E-state index < -0.39 is 0 Å². The average Bonchev–Trinajstić information content (AvgIpc) is 3.57. The summed E-state index contributed by atoms with van der Waals surface area (Å²) in [4.78, 5) is 15.4. The van der Waals surface area contributed by atoms with Crippen LogP contribution in [0.15, 0.2) is 82.7 Å². The van der Waals surface area contributed by atoms with Gasteiger partial charge in [-0.25, -0.2) is 9.48 Å². The molecule has 2 amide bonds. The summed E-state index contributed by atoms with van der Waals surface area (Å²) in [6, 6.07) is 22.0. The van der Waals surface area contributed by atoms with E-state index in [1.807, 2.05) is 51.5 Å². The first-order chi connectivity index (χ1) is 20.1. The number of pyridine rings is 1. The predicted octanol–water partition coefficient (Wildman–Crippen LogP) is 7.46. The Morgan fingerprint density at radius 2 is 1.83 bits per heavy atom. The molecule has 0 saturated carbocycles. The van der Waals surface area contributed by atoms with Crippen LogP contribution < -0.4 is 10.6 Å². The monoisotopic (exact) mass is 599 g/mol. The third-order valence-electron chi connectivity index (χ3n) is 6.95. The van der Waals surface area contributed by atoms with E-state index in [2.05, 4.69) is 92.2 Å². The van der Waals surface area contributed by atoms with Crippen molar-refractivity contribution >= 4 is 41.0 Å². The summed E-state index contributed by atoms with van der Waals surface area (Å²) in [5.41, 5.74) is 4.67. The number of urea groups is 1. The molecular formula is C32H37N7OS2. The van der Waals surface area contributed by atoms with Gasteiger partial charge in [0.05, 0.1) is 11.4 Å². The van der Waals surface area contributed by atoms with Crippen LogP contribution in [0.1, 0.15) is 56.3 Å². The van der Waals surface area contributed by atoms with Crippen LogP contribution in [0.4, 0.5) is 10.6 Å². The molecule has 0 aliphatic rings. The summed E-state index contributed by atoms with van der Waals surface area (Å²) < 4.78 is 3.87. The van der Waals surface area contributed by atoms with Crippen molar-refractivity contribution < 1.29 is 4.79 Å². The van der Waals surface area contributed by atoms with Gasteiger partial charge < -0.3 is 5.32 Å². The SMILES string of the molecule is CSCC(C)(C)c1cc(NC(=O)NCc2ccccc2Sc2ccc3nnc(C(C)C)n3c2)n(-c2cccc(C)c2)n1. The summed E-state index contributed by atoms with van der Waals surface area (Å²) in [7, 11) is 0. The number of amides is 2. The molecule has 0 aliphatic heterocycles. The predicted molar refractivity (Wildman–Crippen MR) is 173 cm³/mol. The van der Waals surface area contributed by atoms with Crippen LogP contribution >= 0.6 is 23.5 Å². The summed E-state index contributed by atoms with van der Waals surface area (Å²) >= 11 is 3.44. The van der Waals surface area contributed by atoms with Crippen LogP contribution in [-0.4, -0.2) is 42.4 Å². The second kappa shape index (κ2) is 12.6. The molecule has 10 heteroatoms. The largest absolute Gasteiger partial charge is 0.334 e. The molecule has 5 rings (SSSR count). The van der Waals surface area contributed by atoms with E-state index >= 15 is 0 Å². The van der Waals surface area contributed by atoms with Crippen molar-refractivity contribution in [3.63, 3.8) is 0 Å². The van der Waals surface area contributed by atoms with Crippen LogP contribution in [0.25, 0.3) is 11.3 Å².